The number of nitrogens with zero attached hydrogens (tertiary/aromatic N) is 2. The van der Waals surface area contributed by atoms with Gasteiger partial charge in [-0.25, -0.2) is 18.5 Å². The van der Waals surface area contributed by atoms with E-state index in [0.717, 1.165) is 11.8 Å². The summed E-state index contributed by atoms with van der Waals surface area (Å²) in [5.41, 5.74) is 5.88. The highest BCUT2D eigenvalue weighted by molar-refractivity contribution is 8.00. The van der Waals surface area contributed by atoms with Gasteiger partial charge in [0.1, 0.15) is 5.82 Å². The maximum atomic E-state index is 11.5. The van der Waals surface area contributed by atoms with Crippen LogP contribution in [0.1, 0.15) is 5.82 Å². The van der Waals surface area contributed by atoms with Gasteiger partial charge in [-0.05, 0) is 36.9 Å². The summed E-state index contributed by atoms with van der Waals surface area (Å²) in [6.45, 7) is 1.75. The number of rotatable bonds is 3. The Kier molecular flexibility index (Phi) is 3.28. The molecule has 0 spiro atoms. The summed E-state index contributed by atoms with van der Waals surface area (Å²) in [5, 5.41) is 12.1. The molecule has 0 saturated carbocycles. The molecule has 7 nitrogen and oxygen atoms in total. The molecule has 2 rings (SSSR count). The van der Waals surface area contributed by atoms with Gasteiger partial charge in [0.25, 0.3) is 0 Å². The lowest BCUT2D eigenvalue weighted by Gasteiger charge is -2.06. The third kappa shape index (κ3) is 2.81. The average molecular weight is 285 g/mol. The number of sulfonamides is 1. The van der Waals surface area contributed by atoms with E-state index >= 15 is 0 Å². The first-order valence-electron chi connectivity index (χ1n) is 4.85. The van der Waals surface area contributed by atoms with Crippen molar-refractivity contribution in [2.75, 3.05) is 5.73 Å². The van der Waals surface area contributed by atoms with Gasteiger partial charge in [0.15, 0.2) is 0 Å². The van der Waals surface area contributed by atoms with E-state index in [-0.39, 0.29) is 4.90 Å². The third-order valence-electron chi connectivity index (χ3n) is 2.05. The number of aromatic nitrogens is 3. The Morgan fingerprint density at radius 2 is 2.11 bits per heavy atom. The zero-order valence-corrected chi connectivity index (χ0v) is 11.0. The van der Waals surface area contributed by atoms with Crippen LogP contribution in [-0.2, 0) is 10.0 Å². The van der Waals surface area contributed by atoms with Crippen molar-refractivity contribution in [3.8, 4) is 0 Å². The van der Waals surface area contributed by atoms with Gasteiger partial charge in [-0.3, -0.25) is 5.10 Å². The van der Waals surface area contributed by atoms with Crippen molar-refractivity contribution in [2.45, 2.75) is 21.9 Å². The second kappa shape index (κ2) is 4.59. The first-order chi connectivity index (χ1) is 8.36. The molecule has 0 amide bonds. The van der Waals surface area contributed by atoms with Crippen LogP contribution in [0.4, 0.5) is 5.69 Å². The van der Waals surface area contributed by atoms with E-state index in [1.165, 1.54) is 6.07 Å². The van der Waals surface area contributed by atoms with Crippen molar-refractivity contribution in [3.63, 3.8) is 0 Å². The Morgan fingerprint density at radius 3 is 2.67 bits per heavy atom. The fourth-order valence-electron chi connectivity index (χ4n) is 1.30. The van der Waals surface area contributed by atoms with Crippen LogP contribution >= 0.6 is 11.8 Å². The van der Waals surface area contributed by atoms with E-state index in [9.17, 15) is 8.42 Å². The molecule has 0 bridgehead atoms. The van der Waals surface area contributed by atoms with Crippen LogP contribution in [0.3, 0.4) is 0 Å². The number of H-pyrrole nitrogens is 1. The summed E-state index contributed by atoms with van der Waals surface area (Å²) in [6.07, 6.45) is 0. The summed E-state index contributed by atoms with van der Waals surface area (Å²) in [5.74, 6) is 0.644. The van der Waals surface area contributed by atoms with Gasteiger partial charge >= 0.3 is 0 Å². The van der Waals surface area contributed by atoms with E-state index in [2.05, 4.69) is 15.2 Å². The van der Waals surface area contributed by atoms with Gasteiger partial charge < -0.3 is 5.73 Å². The fraction of sp³-hybridized carbons (Fsp3) is 0.111. The van der Waals surface area contributed by atoms with E-state index < -0.39 is 10.0 Å². The smallest absolute Gasteiger partial charge is 0.239 e. The minimum absolute atomic E-state index is 0.0325. The minimum Gasteiger partial charge on any atom is -0.399 e. The zero-order chi connectivity index (χ0) is 13.3. The highest BCUT2D eigenvalue weighted by Gasteiger charge is 2.16. The van der Waals surface area contributed by atoms with Crippen LogP contribution in [0.2, 0.25) is 0 Å². The lowest BCUT2D eigenvalue weighted by molar-refractivity contribution is 0.596. The molecule has 0 atom stereocenters. The van der Waals surface area contributed by atoms with Crippen LogP contribution in [0, 0.1) is 6.92 Å². The number of primary sulfonamides is 1. The summed E-state index contributed by atoms with van der Waals surface area (Å²) < 4.78 is 22.9. The topological polar surface area (TPSA) is 128 Å². The highest BCUT2D eigenvalue weighted by Crippen LogP contribution is 2.31. The molecule has 0 aliphatic carbocycles. The summed E-state index contributed by atoms with van der Waals surface area (Å²) >= 11 is 1.10. The SMILES string of the molecule is Cc1nc(Sc2ccc(N)cc2S(N)(=O)=O)n[nH]1. The van der Waals surface area contributed by atoms with Crippen molar-refractivity contribution < 1.29 is 8.42 Å². The van der Waals surface area contributed by atoms with Crippen molar-refractivity contribution in [1.29, 1.82) is 0 Å². The van der Waals surface area contributed by atoms with Crippen LogP contribution < -0.4 is 10.9 Å². The third-order valence-corrected chi connectivity index (χ3v) is 4.07. The molecule has 2 aromatic rings. The largest absolute Gasteiger partial charge is 0.399 e. The molecule has 1 heterocycles. The van der Waals surface area contributed by atoms with Crippen molar-refractivity contribution in [2.24, 2.45) is 5.14 Å². The summed E-state index contributed by atoms with van der Waals surface area (Å²) in [6, 6.07) is 4.49. The highest BCUT2D eigenvalue weighted by atomic mass is 32.2. The van der Waals surface area contributed by atoms with Gasteiger partial charge in [0, 0.05) is 10.6 Å². The second-order valence-electron chi connectivity index (χ2n) is 3.56. The predicted molar refractivity (Wildman–Crippen MR) is 67.5 cm³/mol. The number of hydrogen-bond acceptors (Lipinski definition) is 6. The maximum Gasteiger partial charge on any atom is 0.239 e. The van der Waals surface area contributed by atoms with Crippen LogP contribution in [0.5, 0.6) is 0 Å². The fourth-order valence-corrected chi connectivity index (χ4v) is 3.19. The molecule has 0 aliphatic heterocycles. The number of benzene rings is 1. The van der Waals surface area contributed by atoms with Crippen molar-refractivity contribution >= 4 is 27.5 Å². The normalized spacial score (nSPS) is 11.7. The van der Waals surface area contributed by atoms with Gasteiger partial charge in [0.05, 0.1) is 4.90 Å². The molecule has 0 radical (unpaired) electrons. The standard InChI is InChI=1S/C9H11N5O2S2/c1-5-12-9(14-13-5)17-7-3-2-6(10)4-8(7)18(11,15)16/h2-4H,10H2,1H3,(H2,11,15,16)(H,12,13,14). The zero-order valence-electron chi connectivity index (χ0n) is 9.41. The van der Waals surface area contributed by atoms with Gasteiger partial charge in [0.2, 0.25) is 15.2 Å². The molecule has 1 aromatic heterocycles. The Hall–Kier alpha value is -1.58. The van der Waals surface area contributed by atoms with E-state index in [0.29, 0.717) is 21.6 Å². The molecular formula is C9H11N5O2S2. The predicted octanol–water partition coefficient (Wildman–Crippen LogP) is 0.494. The molecule has 18 heavy (non-hydrogen) atoms. The molecule has 1 aromatic carbocycles. The monoisotopic (exact) mass is 285 g/mol. The number of nitrogens with two attached hydrogens (primary N) is 2. The Labute approximate surface area is 108 Å². The molecule has 0 aliphatic rings. The van der Waals surface area contributed by atoms with Gasteiger partial charge in [-0.2, -0.15) is 0 Å². The van der Waals surface area contributed by atoms with Crippen molar-refractivity contribution in [1.82, 2.24) is 15.2 Å². The Balaban J connectivity index is 2.45. The number of hydrogen-bond donors (Lipinski definition) is 3. The first kappa shape index (κ1) is 12.9. The summed E-state index contributed by atoms with van der Waals surface area (Å²) in [4.78, 5) is 4.48. The second-order valence-corrected chi connectivity index (χ2v) is 6.10. The first-order valence-corrected chi connectivity index (χ1v) is 7.22. The quantitative estimate of drug-likeness (QED) is 0.704. The van der Waals surface area contributed by atoms with Gasteiger partial charge in [-0.1, -0.05) is 0 Å². The Morgan fingerprint density at radius 1 is 1.39 bits per heavy atom. The molecule has 0 unspecified atom stereocenters. The molecule has 0 fully saturated rings. The van der Waals surface area contributed by atoms with Crippen molar-refractivity contribution in [3.05, 3.63) is 24.0 Å². The van der Waals surface area contributed by atoms with E-state index in [1.807, 2.05) is 0 Å². The van der Waals surface area contributed by atoms with Crippen LogP contribution in [0.15, 0.2) is 33.1 Å². The number of aromatic amines is 1. The Bertz CT molecular complexity index is 680. The van der Waals surface area contributed by atoms with Gasteiger partial charge in [-0.15, -0.1) is 5.10 Å². The summed E-state index contributed by atoms with van der Waals surface area (Å²) in [7, 11) is -3.84. The van der Waals surface area contributed by atoms with E-state index in [4.69, 9.17) is 10.9 Å². The number of anilines is 1. The minimum atomic E-state index is -3.84. The van der Waals surface area contributed by atoms with E-state index in [1.54, 1.807) is 19.1 Å². The van der Waals surface area contributed by atoms with Crippen LogP contribution in [0.25, 0.3) is 0 Å². The molecular weight excluding hydrogens is 274 g/mol. The number of aryl methyl sites for hydroxylation is 1. The molecule has 9 heteroatoms. The van der Waals surface area contributed by atoms with Crippen LogP contribution in [-0.4, -0.2) is 23.6 Å². The lowest BCUT2D eigenvalue weighted by atomic mass is 10.3. The molecule has 0 saturated heterocycles. The molecule has 5 N–H and O–H groups in total. The average Bonchev–Trinajstić information content (AvgIpc) is 2.65. The molecule has 96 valence electrons. The number of nitrogens with one attached hydrogen (secondary N) is 1. The number of nitrogen functional groups attached to an aromatic ring is 1. The lowest BCUT2D eigenvalue weighted by Crippen LogP contribution is -2.13. The maximum absolute atomic E-state index is 11.5.